The van der Waals surface area contributed by atoms with Crippen molar-refractivity contribution in [3.63, 3.8) is 0 Å². The summed E-state index contributed by atoms with van der Waals surface area (Å²) < 4.78 is 11.1. The summed E-state index contributed by atoms with van der Waals surface area (Å²) in [7, 11) is 1.57. The largest absolute Gasteiger partial charge is 0.508 e. The minimum atomic E-state index is -0.410. The highest BCUT2D eigenvalue weighted by Crippen LogP contribution is 2.22. The number of carbonyl (C=O) groups is 1. The van der Waals surface area contributed by atoms with Gasteiger partial charge in [-0.1, -0.05) is 12.1 Å². The summed E-state index contributed by atoms with van der Waals surface area (Å²) >= 11 is 0. The van der Waals surface area contributed by atoms with Crippen LogP contribution < -0.4 is 15.6 Å². The predicted molar refractivity (Wildman–Crippen MR) is 113 cm³/mol. The van der Waals surface area contributed by atoms with E-state index in [1.54, 1.807) is 55.8 Å². The number of phenols is 1. The first kappa shape index (κ1) is 19.2. The molecule has 0 fully saturated rings. The van der Waals surface area contributed by atoms with E-state index in [0.717, 1.165) is 5.56 Å². The number of nitrogens with zero attached hydrogens (tertiary/aromatic N) is 2. The Balaban J connectivity index is 1.84. The van der Waals surface area contributed by atoms with E-state index in [1.165, 1.54) is 12.1 Å². The molecule has 0 aliphatic rings. The molecule has 0 radical (unpaired) electrons. The first-order valence-electron chi connectivity index (χ1n) is 9.21. The number of nitrogens with one attached hydrogen (secondary N) is 1. The van der Waals surface area contributed by atoms with E-state index < -0.39 is 5.91 Å². The van der Waals surface area contributed by atoms with Gasteiger partial charge in [-0.25, -0.2) is 9.98 Å². The number of methoxy groups -OCH3 is 1. The van der Waals surface area contributed by atoms with E-state index in [1.807, 2.05) is 13.0 Å². The molecule has 0 aliphatic heterocycles. The third-order valence-electron chi connectivity index (χ3n) is 4.42. The average Bonchev–Trinajstić information content (AvgIpc) is 2.75. The molecule has 0 saturated heterocycles. The van der Waals surface area contributed by atoms with Crippen LogP contribution in [0, 0.1) is 6.92 Å². The number of aryl methyl sites for hydroxylation is 1. The van der Waals surface area contributed by atoms with Crippen LogP contribution in [0.4, 0.5) is 11.5 Å². The lowest BCUT2D eigenvalue weighted by atomic mass is 10.1. The van der Waals surface area contributed by atoms with Crippen LogP contribution in [0.15, 0.2) is 76.3 Å². The fraction of sp³-hybridized carbons (Fsp3) is 0.0870. The number of pyridine rings is 1. The standard InChI is InChI=1S/C23H19N3O4/c1-14-6-9-21(24-13-14)26-22(28)19-10-15-7-8-17(27)12-20(15)30-23(19)25-16-4-3-5-18(11-16)29-2/h3-13,27H,1-2H3,(H,24,26,28). The summed E-state index contributed by atoms with van der Waals surface area (Å²) in [6, 6.07) is 17.0. The average molecular weight is 401 g/mol. The number of aromatic nitrogens is 1. The molecule has 2 aromatic heterocycles. The SMILES string of the molecule is COc1cccc(N=c2oc3cc(O)ccc3cc2C(=O)Nc2ccc(C)cn2)c1. The van der Waals surface area contributed by atoms with Gasteiger partial charge in [-0.05, 0) is 48.9 Å². The van der Waals surface area contributed by atoms with Crippen LogP contribution in [-0.4, -0.2) is 23.1 Å². The zero-order chi connectivity index (χ0) is 21.1. The minimum Gasteiger partial charge on any atom is -0.508 e. The Morgan fingerprint density at radius 1 is 1.13 bits per heavy atom. The van der Waals surface area contributed by atoms with E-state index in [0.29, 0.717) is 28.2 Å². The summed E-state index contributed by atoms with van der Waals surface area (Å²) in [5.41, 5.74) is 2.29. The van der Waals surface area contributed by atoms with Crippen molar-refractivity contribution < 1.29 is 19.1 Å². The highest BCUT2D eigenvalue weighted by molar-refractivity contribution is 6.05. The molecule has 4 aromatic rings. The highest BCUT2D eigenvalue weighted by atomic mass is 16.5. The van der Waals surface area contributed by atoms with Crippen LogP contribution in [0.3, 0.4) is 0 Å². The number of phenolic OH excluding ortho intramolecular Hbond substituents is 1. The van der Waals surface area contributed by atoms with Gasteiger partial charge in [-0.2, -0.15) is 0 Å². The number of hydrogen-bond donors (Lipinski definition) is 2. The number of fused-ring (bicyclic) bond motifs is 1. The third-order valence-corrected chi connectivity index (χ3v) is 4.42. The molecule has 2 heterocycles. The molecule has 30 heavy (non-hydrogen) atoms. The Morgan fingerprint density at radius 2 is 2.00 bits per heavy atom. The lowest BCUT2D eigenvalue weighted by Crippen LogP contribution is -2.22. The second kappa shape index (κ2) is 8.08. The maximum absolute atomic E-state index is 13.0. The highest BCUT2D eigenvalue weighted by Gasteiger charge is 2.14. The first-order valence-corrected chi connectivity index (χ1v) is 9.21. The van der Waals surface area contributed by atoms with Crippen molar-refractivity contribution in [2.45, 2.75) is 6.92 Å². The molecule has 1 amide bonds. The van der Waals surface area contributed by atoms with Gasteiger partial charge in [0.25, 0.3) is 5.91 Å². The smallest absolute Gasteiger partial charge is 0.262 e. The molecule has 0 spiro atoms. The monoisotopic (exact) mass is 401 g/mol. The molecule has 7 heteroatoms. The van der Waals surface area contributed by atoms with E-state index in [2.05, 4.69) is 15.3 Å². The van der Waals surface area contributed by atoms with Gasteiger partial charge >= 0.3 is 0 Å². The van der Waals surface area contributed by atoms with Crippen LogP contribution in [0.1, 0.15) is 15.9 Å². The van der Waals surface area contributed by atoms with E-state index in [9.17, 15) is 9.90 Å². The molecule has 0 atom stereocenters. The van der Waals surface area contributed by atoms with Gasteiger partial charge in [0.1, 0.15) is 28.5 Å². The molecule has 2 aromatic carbocycles. The van der Waals surface area contributed by atoms with Crippen LogP contribution in [-0.2, 0) is 0 Å². The quantitative estimate of drug-likeness (QED) is 0.530. The number of rotatable bonds is 4. The number of hydrogen-bond acceptors (Lipinski definition) is 6. The number of aromatic hydroxyl groups is 1. The van der Waals surface area contributed by atoms with Crippen LogP contribution in [0.5, 0.6) is 11.5 Å². The molecule has 4 rings (SSSR count). The number of benzene rings is 2. The van der Waals surface area contributed by atoms with Crippen LogP contribution >= 0.6 is 0 Å². The zero-order valence-corrected chi connectivity index (χ0v) is 16.4. The zero-order valence-electron chi connectivity index (χ0n) is 16.4. The van der Waals surface area contributed by atoms with Crippen molar-refractivity contribution in [2.24, 2.45) is 4.99 Å². The van der Waals surface area contributed by atoms with Crippen molar-refractivity contribution in [1.82, 2.24) is 4.98 Å². The maximum Gasteiger partial charge on any atom is 0.262 e. The van der Waals surface area contributed by atoms with E-state index >= 15 is 0 Å². The first-order chi connectivity index (χ1) is 14.5. The molecule has 7 nitrogen and oxygen atoms in total. The van der Waals surface area contributed by atoms with Crippen molar-refractivity contribution in [3.8, 4) is 11.5 Å². The third kappa shape index (κ3) is 4.15. The lowest BCUT2D eigenvalue weighted by molar-refractivity contribution is 0.102. The van der Waals surface area contributed by atoms with Crippen LogP contribution in [0.2, 0.25) is 0 Å². The molecule has 150 valence electrons. The van der Waals surface area contributed by atoms with Gasteiger partial charge < -0.3 is 19.6 Å². The summed E-state index contributed by atoms with van der Waals surface area (Å²) in [4.78, 5) is 21.7. The fourth-order valence-electron chi connectivity index (χ4n) is 2.88. The molecule has 0 unspecified atom stereocenters. The fourth-order valence-corrected chi connectivity index (χ4v) is 2.88. The predicted octanol–water partition coefficient (Wildman–Crippen LogP) is 4.34. The second-order valence-electron chi connectivity index (χ2n) is 6.68. The molecule has 2 N–H and O–H groups in total. The molecular weight excluding hydrogens is 382 g/mol. The Bertz CT molecular complexity index is 1290. The molecule has 0 bridgehead atoms. The van der Waals surface area contributed by atoms with Gasteiger partial charge in [0.2, 0.25) is 5.55 Å². The number of anilines is 1. The van der Waals surface area contributed by atoms with Gasteiger partial charge in [0.05, 0.1) is 12.8 Å². The molecular formula is C23H19N3O4. The summed E-state index contributed by atoms with van der Waals surface area (Å²) in [5, 5.41) is 13.2. The Labute approximate surface area is 172 Å². The Morgan fingerprint density at radius 3 is 2.77 bits per heavy atom. The van der Waals surface area contributed by atoms with Crippen LogP contribution in [0.25, 0.3) is 11.0 Å². The van der Waals surface area contributed by atoms with Gasteiger partial charge in [0, 0.05) is 23.7 Å². The number of amides is 1. The van der Waals surface area contributed by atoms with Gasteiger partial charge in [-0.15, -0.1) is 0 Å². The Kier molecular flexibility index (Phi) is 5.17. The van der Waals surface area contributed by atoms with Crippen molar-refractivity contribution in [1.29, 1.82) is 0 Å². The van der Waals surface area contributed by atoms with Gasteiger partial charge in [0.15, 0.2) is 0 Å². The van der Waals surface area contributed by atoms with Crippen molar-refractivity contribution >= 4 is 28.4 Å². The van der Waals surface area contributed by atoms with E-state index in [4.69, 9.17) is 9.15 Å². The lowest BCUT2D eigenvalue weighted by Gasteiger charge is -2.07. The number of ether oxygens (including phenoxy) is 1. The maximum atomic E-state index is 13.0. The van der Waals surface area contributed by atoms with Crippen molar-refractivity contribution in [2.75, 3.05) is 12.4 Å². The summed E-state index contributed by atoms with van der Waals surface area (Å²) in [6.07, 6.45) is 1.67. The van der Waals surface area contributed by atoms with E-state index in [-0.39, 0.29) is 16.9 Å². The molecule has 0 saturated carbocycles. The summed E-state index contributed by atoms with van der Waals surface area (Å²) in [5.74, 6) is 0.694. The normalized spacial score (nSPS) is 11.5. The van der Waals surface area contributed by atoms with Crippen molar-refractivity contribution in [3.05, 3.63) is 83.5 Å². The summed E-state index contributed by atoms with van der Waals surface area (Å²) in [6.45, 7) is 1.92. The van der Waals surface area contributed by atoms with Gasteiger partial charge in [-0.3, -0.25) is 4.79 Å². The second-order valence-corrected chi connectivity index (χ2v) is 6.68. The Hall–Kier alpha value is -4.13. The minimum absolute atomic E-state index is 0.0552. The number of carbonyl (C=O) groups excluding carboxylic acids is 1. The molecule has 0 aliphatic carbocycles. The topological polar surface area (TPSA) is 97.0 Å².